The first-order valence-electron chi connectivity index (χ1n) is 9.52. The standard InChI is InChI=1S/C21H24N2O4/c24-20(17-7-5-16(6-8-17)19-4-2-12-27-19)23-9-1-3-18(15-23)21(25)22-10-13-26-14-11-22/h2,4-8,12,18H,1,3,9-11,13-15H2/t18-/m0/s1. The average molecular weight is 368 g/mol. The molecule has 3 heterocycles. The number of ether oxygens (including phenoxy) is 1. The first-order valence-corrected chi connectivity index (χ1v) is 9.52. The van der Waals surface area contributed by atoms with Gasteiger partial charge in [0.2, 0.25) is 5.91 Å². The van der Waals surface area contributed by atoms with Crippen LogP contribution in [0.1, 0.15) is 23.2 Å². The highest BCUT2D eigenvalue weighted by molar-refractivity contribution is 5.95. The van der Waals surface area contributed by atoms with Crippen molar-refractivity contribution in [2.24, 2.45) is 5.92 Å². The summed E-state index contributed by atoms with van der Waals surface area (Å²) in [7, 11) is 0. The Balaban J connectivity index is 1.41. The van der Waals surface area contributed by atoms with Gasteiger partial charge >= 0.3 is 0 Å². The zero-order valence-electron chi connectivity index (χ0n) is 15.3. The molecular formula is C21H24N2O4. The fourth-order valence-electron chi connectivity index (χ4n) is 3.81. The molecule has 6 nitrogen and oxygen atoms in total. The number of likely N-dealkylation sites (tertiary alicyclic amines) is 1. The summed E-state index contributed by atoms with van der Waals surface area (Å²) in [6.45, 7) is 3.70. The van der Waals surface area contributed by atoms with E-state index in [0.29, 0.717) is 45.0 Å². The summed E-state index contributed by atoms with van der Waals surface area (Å²) in [6.07, 6.45) is 3.34. The molecule has 4 rings (SSSR count). The Bertz CT molecular complexity index is 779. The molecule has 2 aliphatic rings. The van der Waals surface area contributed by atoms with Gasteiger partial charge in [0.25, 0.3) is 5.91 Å². The molecule has 2 amide bonds. The summed E-state index contributed by atoms with van der Waals surface area (Å²) >= 11 is 0. The van der Waals surface area contributed by atoms with Crippen LogP contribution < -0.4 is 0 Å². The van der Waals surface area contributed by atoms with Crippen LogP contribution in [-0.4, -0.2) is 61.0 Å². The Morgan fingerprint density at radius 2 is 1.74 bits per heavy atom. The molecule has 6 heteroatoms. The van der Waals surface area contributed by atoms with Crippen LogP contribution in [0.3, 0.4) is 0 Å². The topological polar surface area (TPSA) is 63.0 Å². The minimum atomic E-state index is -0.108. The Hall–Kier alpha value is -2.60. The van der Waals surface area contributed by atoms with Crippen molar-refractivity contribution >= 4 is 11.8 Å². The van der Waals surface area contributed by atoms with E-state index in [-0.39, 0.29) is 17.7 Å². The van der Waals surface area contributed by atoms with Gasteiger partial charge in [-0.2, -0.15) is 0 Å². The summed E-state index contributed by atoms with van der Waals surface area (Å²) < 4.78 is 10.7. The maximum Gasteiger partial charge on any atom is 0.253 e. The predicted molar refractivity (Wildman–Crippen MR) is 100 cm³/mol. The van der Waals surface area contributed by atoms with E-state index in [0.717, 1.165) is 24.2 Å². The van der Waals surface area contributed by atoms with Crippen molar-refractivity contribution in [3.63, 3.8) is 0 Å². The number of carbonyl (C=O) groups is 2. The number of nitrogens with zero attached hydrogens (tertiary/aromatic N) is 2. The van der Waals surface area contributed by atoms with Crippen LogP contribution in [0.5, 0.6) is 0 Å². The molecule has 1 aromatic carbocycles. The Morgan fingerprint density at radius 3 is 2.44 bits per heavy atom. The number of carbonyl (C=O) groups excluding carboxylic acids is 2. The minimum Gasteiger partial charge on any atom is -0.464 e. The first-order chi connectivity index (χ1) is 13.2. The molecule has 2 aromatic rings. The number of furan rings is 1. The highest BCUT2D eigenvalue weighted by Crippen LogP contribution is 2.23. The second-order valence-corrected chi connectivity index (χ2v) is 7.08. The highest BCUT2D eigenvalue weighted by Gasteiger charge is 2.32. The smallest absolute Gasteiger partial charge is 0.253 e. The lowest BCUT2D eigenvalue weighted by Gasteiger charge is -2.36. The van der Waals surface area contributed by atoms with Gasteiger partial charge in [0.15, 0.2) is 0 Å². The number of amides is 2. The number of piperidine rings is 1. The summed E-state index contributed by atoms with van der Waals surface area (Å²) in [5, 5.41) is 0. The van der Waals surface area contributed by atoms with Crippen LogP contribution >= 0.6 is 0 Å². The monoisotopic (exact) mass is 368 g/mol. The van der Waals surface area contributed by atoms with Crippen molar-refractivity contribution in [2.75, 3.05) is 39.4 Å². The maximum absolute atomic E-state index is 12.9. The molecule has 0 bridgehead atoms. The molecule has 0 unspecified atom stereocenters. The molecule has 2 aliphatic heterocycles. The van der Waals surface area contributed by atoms with E-state index in [1.54, 1.807) is 6.26 Å². The van der Waals surface area contributed by atoms with Gasteiger partial charge in [-0.1, -0.05) is 12.1 Å². The quantitative estimate of drug-likeness (QED) is 0.836. The van der Waals surface area contributed by atoms with Gasteiger partial charge in [-0.15, -0.1) is 0 Å². The molecule has 0 saturated carbocycles. The normalized spacial score (nSPS) is 20.5. The summed E-state index contributed by atoms with van der Waals surface area (Å²) in [5.41, 5.74) is 1.58. The minimum absolute atomic E-state index is 0.0135. The highest BCUT2D eigenvalue weighted by atomic mass is 16.5. The molecule has 0 N–H and O–H groups in total. The summed E-state index contributed by atoms with van der Waals surface area (Å²) in [4.78, 5) is 29.3. The van der Waals surface area contributed by atoms with E-state index < -0.39 is 0 Å². The molecule has 0 radical (unpaired) electrons. The van der Waals surface area contributed by atoms with Crippen molar-refractivity contribution in [2.45, 2.75) is 12.8 Å². The number of benzene rings is 1. The molecule has 0 aliphatic carbocycles. The van der Waals surface area contributed by atoms with Gasteiger partial charge in [-0.25, -0.2) is 0 Å². The van der Waals surface area contributed by atoms with Crippen LogP contribution in [0.2, 0.25) is 0 Å². The van der Waals surface area contributed by atoms with Gasteiger partial charge in [0, 0.05) is 37.3 Å². The van der Waals surface area contributed by atoms with Crippen LogP contribution in [0.25, 0.3) is 11.3 Å². The van der Waals surface area contributed by atoms with Crippen molar-refractivity contribution in [3.8, 4) is 11.3 Å². The Kier molecular flexibility index (Phi) is 5.25. The Labute approximate surface area is 158 Å². The van der Waals surface area contributed by atoms with Crippen molar-refractivity contribution < 1.29 is 18.7 Å². The van der Waals surface area contributed by atoms with Crippen molar-refractivity contribution in [1.82, 2.24) is 9.80 Å². The van der Waals surface area contributed by atoms with E-state index in [4.69, 9.17) is 9.15 Å². The van der Waals surface area contributed by atoms with Gasteiger partial charge in [0.05, 0.1) is 25.4 Å². The Morgan fingerprint density at radius 1 is 0.963 bits per heavy atom. The fraction of sp³-hybridized carbons (Fsp3) is 0.429. The summed E-state index contributed by atoms with van der Waals surface area (Å²) in [5.74, 6) is 0.816. The molecule has 27 heavy (non-hydrogen) atoms. The van der Waals surface area contributed by atoms with Gasteiger partial charge < -0.3 is 19.0 Å². The maximum atomic E-state index is 12.9. The molecule has 2 saturated heterocycles. The second-order valence-electron chi connectivity index (χ2n) is 7.08. The summed E-state index contributed by atoms with van der Waals surface area (Å²) in [6, 6.07) is 11.2. The van der Waals surface area contributed by atoms with E-state index in [9.17, 15) is 9.59 Å². The van der Waals surface area contributed by atoms with E-state index in [1.807, 2.05) is 46.2 Å². The molecule has 142 valence electrons. The zero-order chi connectivity index (χ0) is 18.6. The first kappa shape index (κ1) is 17.8. The number of hydrogen-bond acceptors (Lipinski definition) is 4. The van der Waals surface area contributed by atoms with Gasteiger partial charge in [-0.05, 0) is 37.1 Å². The lowest BCUT2D eigenvalue weighted by Crippen LogP contribution is -2.49. The molecular weight excluding hydrogens is 344 g/mol. The van der Waals surface area contributed by atoms with E-state index >= 15 is 0 Å². The molecule has 1 aromatic heterocycles. The number of hydrogen-bond donors (Lipinski definition) is 0. The second kappa shape index (κ2) is 7.96. The third-order valence-electron chi connectivity index (χ3n) is 5.32. The molecule has 2 fully saturated rings. The SMILES string of the molecule is O=C(c1ccc(-c2ccco2)cc1)N1CCC[C@H](C(=O)N2CCOCC2)C1. The van der Waals surface area contributed by atoms with Crippen LogP contribution in [0.15, 0.2) is 47.1 Å². The number of rotatable bonds is 3. The van der Waals surface area contributed by atoms with E-state index in [1.165, 1.54) is 0 Å². The average Bonchev–Trinajstić information content (AvgIpc) is 3.28. The van der Waals surface area contributed by atoms with Crippen LogP contribution in [0.4, 0.5) is 0 Å². The zero-order valence-corrected chi connectivity index (χ0v) is 15.3. The van der Waals surface area contributed by atoms with Crippen LogP contribution in [-0.2, 0) is 9.53 Å². The fourth-order valence-corrected chi connectivity index (χ4v) is 3.81. The van der Waals surface area contributed by atoms with Crippen LogP contribution in [0, 0.1) is 5.92 Å². The van der Waals surface area contributed by atoms with E-state index in [2.05, 4.69) is 0 Å². The molecule has 1 atom stereocenters. The predicted octanol–water partition coefficient (Wildman–Crippen LogP) is 2.66. The number of morpholine rings is 1. The lowest BCUT2D eigenvalue weighted by molar-refractivity contribution is -0.141. The van der Waals surface area contributed by atoms with Gasteiger partial charge in [0.1, 0.15) is 5.76 Å². The van der Waals surface area contributed by atoms with Crippen molar-refractivity contribution in [3.05, 3.63) is 48.2 Å². The lowest BCUT2D eigenvalue weighted by atomic mass is 9.95. The third-order valence-corrected chi connectivity index (χ3v) is 5.32. The van der Waals surface area contributed by atoms with Crippen molar-refractivity contribution in [1.29, 1.82) is 0 Å². The largest absolute Gasteiger partial charge is 0.464 e. The third kappa shape index (κ3) is 3.90. The molecule has 0 spiro atoms. The van der Waals surface area contributed by atoms with Gasteiger partial charge in [-0.3, -0.25) is 9.59 Å².